The van der Waals surface area contributed by atoms with Gasteiger partial charge >= 0.3 is 0 Å². The standard InChI is InChI=1S/C19H21N3O4/c1-18(2)19(3,24)15(13-7-10(9-20)5-6-14(13)26-18)25-16-11-8-12(11)17(23)22(4)21-16/h5-7,11-12,15,24H,8H2,1-4H3/t11-,12+,15+,19-/m0/s1. The number of hydrogen-bond acceptors (Lipinski definition) is 6. The van der Waals surface area contributed by atoms with Crippen molar-refractivity contribution >= 4 is 11.8 Å². The van der Waals surface area contributed by atoms with E-state index in [-0.39, 0.29) is 17.7 Å². The van der Waals surface area contributed by atoms with Gasteiger partial charge in [0, 0.05) is 18.5 Å². The van der Waals surface area contributed by atoms with E-state index in [0.29, 0.717) is 29.2 Å². The van der Waals surface area contributed by atoms with Gasteiger partial charge in [0.15, 0.2) is 6.10 Å². The van der Waals surface area contributed by atoms with Crippen LogP contribution in [0.2, 0.25) is 0 Å². The fourth-order valence-corrected chi connectivity index (χ4v) is 3.57. The molecule has 2 heterocycles. The molecular weight excluding hydrogens is 334 g/mol. The Labute approximate surface area is 151 Å². The number of carbonyl (C=O) groups is 1. The SMILES string of the molecule is CN1N=C(O[C@@H]2c3cc(C#N)ccc3OC(C)(C)[C@@]2(C)O)[C@H]2C[C@H]2C1=O. The van der Waals surface area contributed by atoms with E-state index in [1.807, 2.05) is 0 Å². The predicted molar refractivity (Wildman–Crippen MR) is 92.1 cm³/mol. The molecule has 1 fully saturated rings. The van der Waals surface area contributed by atoms with Crippen LogP contribution in [0.3, 0.4) is 0 Å². The normalized spacial score (nSPS) is 34.0. The maximum Gasteiger partial charge on any atom is 0.246 e. The zero-order chi connectivity index (χ0) is 18.9. The van der Waals surface area contributed by atoms with E-state index >= 15 is 0 Å². The summed E-state index contributed by atoms with van der Waals surface area (Å²) < 4.78 is 12.2. The Balaban J connectivity index is 1.77. The minimum Gasteiger partial charge on any atom is -0.484 e. The Morgan fingerprint density at radius 1 is 1.38 bits per heavy atom. The molecule has 1 aliphatic carbocycles. The molecule has 0 radical (unpaired) electrons. The molecule has 1 N–H and O–H groups in total. The van der Waals surface area contributed by atoms with Crippen LogP contribution in [0.5, 0.6) is 5.75 Å². The first kappa shape index (κ1) is 16.9. The number of hydrazone groups is 1. The molecule has 1 amide bonds. The van der Waals surface area contributed by atoms with Crippen LogP contribution in [0.4, 0.5) is 0 Å². The topological polar surface area (TPSA) is 95.2 Å². The second-order valence-electron chi connectivity index (χ2n) is 7.87. The van der Waals surface area contributed by atoms with Crippen LogP contribution in [0.1, 0.15) is 44.4 Å². The number of benzene rings is 1. The monoisotopic (exact) mass is 355 g/mol. The smallest absolute Gasteiger partial charge is 0.246 e. The number of nitrogens with zero attached hydrogens (tertiary/aromatic N) is 3. The molecule has 1 saturated carbocycles. The Morgan fingerprint density at radius 2 is 2.12 bits per heavy atom. The van der Waals surface area contributed by atoms with Gasteiger partial charge in [-0.1, -0.05) is 0 Å². The van der Waals surface area contributed by atoms with Crippen molar-refractivity contribution in [3.05, 3.63) is 29.3 Å². The van der Waals surface area contributed by atoms with Gasteiger partial charge in [0.1, 0.15) is 17.0 Å². The number of rotatable bonds is 1. The minimum atomic E-state index is -1.37. The Kier molecular flexibility index (Phi) is 3.38. The van der Waals surface area contributed by atoms with Crippen LogP contribution in [0, 0.1) is 23.2 Å². The molecule has 0 bridgehead atoms. The predicted octanol–water partition coefficient (Wildman–Crippen LogP) is 1.96. The highest BCUT2D eigenvalue weighted by Gasteiger charge is 2.57. The summed E-state index contributed by atoms with van der Waals surface area (Å²) in [7, 11) is 1.61. The molecule has 7 nitrogen and oxygen atoms in total. The lowest BCUT2D eigenvalue weighted by Crippen LogP contribution is -2.59. The Hall–Kier alpha value is -2.59. The first-order valence-corrected chi connectivity index (χ1v) is 8.64. The summed E-state index contributed by atoms with van der Waals surface area (Å²) in [6.45, 7) is 5.24. The first-order valence-electron chi connectivity index (χ1n) is 8.64. The van der Waals surface area contributed by atoms with Crippen molar-refractivity contribution < 1.29 is 19.4 Å². The van der Waals surface area contributed by atoms with Crippen molar-refractivity contribution in [2.75, 3.05) is 7.05 Å². The van der Waals surface area contributed by atoms with E-state index in [0.717, 1.165) is 0 Å². The molecule has 26 heavy (non-hydrogen) atoms. The lowest BCUT2D eigenvalue weighted by atomic mass is 9.77. The van der Waals surface area contributed by atoms with Crippen molar-refractivity contribution in [2.45, 2.75) is 44.5 Å². The van der Waals surface area contributed by atoms with Crippen LogP contribution in [0.15, 0.2) is 23.3 Å². The highest BCUT2D eigenvalue weighted by Crippen LogP contribution is 2.51. The summed E-state index contributed by atoms with van der Waals surface area (Å²) in [5, 5.41) is 26.1. The third kappa shape index (κ3) is 2.29. The van der Waals surface area contributed by atoms with E-state index in [4.69, 9.17) is 9.47 Å². The molecule has 2 aliphatic heterocycles. The molecule has 0 spiro atoms. The van der Waals surface area contributed by atoms with Gasteiger partial charge in [-0.3, -0.25) is 4.79 Å². The second kappa shape index (κ2) is 5.21. The lowest BCUT2D eigenvalue weighted by molar-refractivity contribution is -0.179. The van der Waals surface area contributed by atoms with Crippen LogP contribution in [-0.4, -0.2) is 40.2 Å². The van der Waals surface area contributed by atoms with Gasteiger partial charge in [0.2, 0.25) is 11.8 Å². The van der Waals surface area contributed by atoms with Gasteiger partial charge in [-0.25, -0.2) is 5.01 Å². The number of nitriles is 1. The number of amides is 1. The van der Waals surface area contributed by atoms with Gasteiger partial charge in [-0.15, -0.1) is 5.10 Å². The fraction of sp³-hybridized carbons (Fsp3) is 0.526. The molecule has 0 saturated heterocycles. The van der Waals surface area contributed by atoms with Crippen LogP contribution in [-0.2, 0) is 9.53 Å². The molecule has 7 heteroatoms. The van der Waals surface area contributed by atoms with Crippen LogP contribution < -0.4 is 4.74 Å². The lowest BCUT2D eigenvalue weighted by Gasteiger charge is -2.49. The van der Waals surface area contributed by atoms with Gasteiger partial charge in [0.25, 0.3) is 0 Å². The Bertz CT molecular complexity index is 868. The zero-order valence-corrected chi connectivity index (χ0v) is 15.2. The van der Waals surface area contributed by atoms with Crippen molar-refractivity contribution in [3.8, 4) is 11.8 Å². The largest absolute Gasteiger partial charge is 0.484 e. The number of ether oxygens (including phenoxy) is 2. The van der Waals surface area contributed by atoms with Crippen LogP contribution in [0.25, 0.3) is 0 Å². The van der Waals surface area contributed by atoms with Crippen molar-refractivity contribution in [1.29, 1.82) is 5.26 Å². The molecular formula is C19H21N3O4. The summed E-state index contributed by atoms with van der Waals surface area (Å²) in [6.07, 6.45) is -0.0573. The summed E-state index contributed by atoms with van der Waals surface area (Å²) in [4.78, 5) is 12.0. The summed E-state index contributed by atoms with van der Waals surface area (Å²) >= 11 is 0. The summed E-state index contributed by atoms with van der Waals surface area (Å²) in [6, 6.07) is 7.17. The minimum absolute atomic E-state index is 0.00594. The second-order valence-corrected chi connectivity index (χ2v) is 7.87. The molecule has 136 valence electrons. The molecule has 3 aliphatic rings. The van der Waals surface area contributed by atoms with E-state index in [1.54, 1.807) is 46.0 Å². The van der Waals surface area contributed by atoms with E-state index < -0.39 is 17.3 Å². The van der Waals surface area contributed by atoms with Crippen LogP contribution >= 0.6 is 0 Å². The van der Waals surface area contributed by atoms with E-state index in [2.05, 4.69) is 11.2 Å². The average molecular weight is 355 g/mol. The van der Waals surface area contributed by atoms with Crippen molar-refractivity contribution in [3.63, 3.8) is 0 Å². The number of aliphatic hydroxyl groups is 1. The van der Waals surface area contributed by atoms with Gasteiger partial charge in [-0.05, 0) is 45.4 Å². The average Bonchev–Trinajstić information content (AvgIpc) is 3.37. The number of hydrogen-bond donors (Lipinski definition) is 1. The third-order valence-electron chi connectivity index (χ3n) is 5.75. The molecule has 1 aromatic rings. The summed E-state index contributed by atoms with van der Waals surface area (Å²) in [5.41, 5.74) is -1.23. The zero-order valence-electron chi connectivity index (χ0n) is 15.2. The highest BCUT2D eigenvalue weighted by molar-refractivity contribution is 5.96. The first-order chi connectivity index (χ1) is 12.2. The van der Waals surface area contributed by atoms with E-state index in [9.17, 15) is 15.2 Å². The van der Waals surface area contributed by atoms with Crippen molar-refractivity contribution in [1.82, 2.24) is 5.01 Å². The van der Waals surface area contributed by atoms with E-state index in [1.165, 1.54) is 5.01 Å². The number of fused-ring (bicyclic) bond motifs is 2. The maximum absolute atomic E-state index is 12.0. The molecule has 4 atom stereocenters. The summed E-state index contributed by atoms with van der Waals surface area (Å²) in [5.74, 6) is 0.888. The van der Waals surface area contributed by atoms with Crippen molar-refractivity contribution in [2.24, 2.45) is 16.9 Å². The fourth-order valence-electron chi connectivity index (χ4n) is 3.57. The van der Waals surface area contributed by atoms with Gasteiger partial charge in [-0.2, -0.15) is 5.26 Å². The van der Waals surface area contributed by atoms with Gasteiger partial charge in [0.05, 0.1) is 17.6 Å². The third-order valence-corrected chi connectivity index (χ3v) is 5.75. The quantitative estimate of drug-likeness (QED) is 0.831. The molecule has 4 rings (SSSR count). The number of carbonyl (C=O) groups excluding carboxylic acids is 1. The Morgan fingerprint density at radius 3 is 2.81 bits per heavy atom. The molecule has 0 unspecified atom stereocenters. The van der Waals surface area contributed by atoms with Gasteiger partial charge < -0.3 is 14.6 Å². The highest BCUT2D eigenvalue weighted by atomic mass is 16.6. The molecule has 1 aromatic carbocycles. The molecule has 0 aromatic heterocycles. The maximum atomic E-state index is 12.0.